The number of hydrogen-bond donors (Lipinski definition) is 2. The first kappa shape index (κ1) is 11.9. The smallest absolute Gasteiger partial charge is 0.238 e. The van der Waals surface area contributed by atoms with E-state index in [1.807, 2.05) is 6.92 Å². The highest BCUT2D eigenvalue weighted by atomic mass is 19.1. The van der Waals surface area contributed by atoms with E-state index in [-0.39, 0.29) is 24.7 Å². The van der Waals surface area contributed by atoms with Crippen molar-refractivity contribution in [2.45, 2.75) is 32.6 Å². The normalized spacial score (nSPS) is 9.38. The van der Waals surface area contributed by atoms with Crippen molar-refractivity contribution in [1.29, 1.82) is 0 Å². The zero-order valence-electron chi connectivity index (χ0n) is 7.73. The Morgan fingerprint density at radius 2 is 1.69 bits per heavy atom. The average Bonchev–Trinajstić information content (AvgIpc) is 2.12. The van der Waals surface area contributed by atoms with Gasteiger partial charge in [0.15, 0.2) is 0 Å². The van der Waals surface area contributed by atoms with Crippen molar-refractivity contribution in [2.75, 3.05) is 6.67 Å². The Labute approximate surface area is 76.9 Å². The topological polar surface area (TPSA) is 58.2 Å². The Hall–Kier alpha value is -1.13. The van der Waals surface area contributed by atoms with E-state index in [9.17, 15) is 14.0 Å². The fourth-order valence-electron chi connectivity index (χ4n) is 0.719. The molecule has 13 heavy (non-hydrogen) atoms. The van der Waals surface area contributed by atoms with E-state index in [4.69, 9.17) is 0 Å². The summed E-state index contributed by atoms with van der Waals surface area (Å²) in [6.07, 6.45) is 1.40. The van der Waals surface area contributed by atoms with Gasteiger partial charge in [0, 0.05) is 12.8 Å². The first-order valence-electron chi connectivity index (χ1n) is 4.34. The van der Waals surface area contributed by atoms with Crippen molar-refractivity contribution in [1.82, 2.24) is 10.9 Å². The van der Waals surface area contributed by atoms with Gasteiger partial charge in [-0.05, 0) is 12.8 Å². The molecule has 0 radical (unpaired) electrons. The van der Waals surface area contributed by atoms with Gasteiger partial charge in [-0.25, -0.2) is 0 Å². The predicted molar refractivity (Wildman–Crippen MR) is 46.4 cm³/mol. The Kier molecular flexibility index (Phi) is 6.86. The molecule has 0 atom stereocenters. The molecule has 0 aliphatic rings. The number of carbonyl (C=O) groups excluding carboxylic acids is 2. The van der Waals surface area contributed by atoms with Crippen LogP contribution in [0.3, 0.4) is 0 Å². The minimum atomic E-state index is -0.518. The maximum atomic E-state index is 11.6. The molecule has 2 N–H and O–H groups in total. The minimum Gasteiger partial charge on any atom is -0.273 e. The molecule has 0 unspecified atom stereocenters. The lowest BCUT2D eigenvalue weighted by molar-refractivity contribution is -0.129. The second-order valence-electron chi connectivity index (χ2n) is 2.64. The molecule has 76 valence electrons. The van der Waals surface area contributed by atoms with Gasteiger partial charge in [-0.1, -0.05) is 6.92 Å². The number of amides is 2. The number of hydrazine groups is 1. The van der Waals surface area contributed by atoms with Gasteiger partial charge in [0.25, 0.3) is 0 Å². The third-order valence-electron chi connectivity index (χ3n) is 1.36. The molecule has 0 saturated heterocycles. The van der Waals surface area contributed by atoms with Crippen LogP contribution in [0.1, 0.15) is 32.6 Å². The van der Waals surface area contributed by atoms with Crippen LogP contribution in [-0.2, 0) is 9.59 Å². The maximum absolute atomic E-state index is 11.6. The molecular formula is C8H15FN2O2. The lowest BCUT2D eigenvalue weighted by atomic mass is 10.3. The van der Waals surface area contributed by atoms with Crippen LogP contribution in [0.5, 0.6) is 0 Å². The molecule has 0 aliphatic carbocycles. The fourth-order valence-corrected chi connectivity index (χ4v) is 0.719. The molecule has 0 aromatic heterocycles. The highest BCUT2D eigenvalue weighted by Gasteiger charge is 2.02. The summed E-state index contributed by atoms with van der Waals surface area (Å²) in [6, 6.07) is 0. The molecule has 0 fully saturated rings. The van der Waals surface area contributed by atoms with E-state index < -0.39 is 6.67 Å². The predicted octanol–water partition coefficient (Wildman–Crippen LogP) is 0.684. The zero-order chi connectivity index (χ0) is 10.1. The summed E-state index contributed by atoms with van der Waals surface area (Å²) in [5.41, 5.74) is 4.43. The number of rotatable bonds is 5. The number of halogens is 1. The van der Waals surface area contributed by atoms with Gasteiger partial charge in [-0.3, -0.25) is 24.8 Å². The van der Waals surface area contributed by atoms with Gasteiger partial charge in [0.05, 0.1) is 6.67 Å². The number of carbonyl (C=O) groups is 2. The molecule has 0 aliphatic heterocycles. The van der Waals surface area contributed by atoms with Gasteiger partial charge in [-0.15, -0.1) is 0 Å². The average molecular weight is 190 g/mol. The van der Waals surface area contributed by atoms with Crippen molar-refractivity contribution in [3.8, 4) is 0 Å². The van der Waals surface area contributed by atoms with Crippen LogP contribution < -0.4 is 10.9 Å². The zero-order valence-corrected chi connectivity index (χ0v) is 7.73. The van der Waals surface area contributed by atoms with Crippen LogP contribution in [0.25, 0.3) is 0 Å². The quantitative estimate of drug-likeness (QED) is 0.626. The van der Waals surface area contributed by atoms with E-state index in [1.165, 1.54) is 0 Å². The lowest BCUT2D eigenvalue weighted by Crippen LogP contribution is -2.41. The van der Waals surface area contributed by atoms with Gasteiger partial charge < -0.3 is 0 Å². The van der Waals surface area contributed by atoms with E-state index in [0.717, 1.165) is 6.42 Å². The van der Waals surface area contributed by atoms with E-state index >= 15 is 0 Å². The van der Waals surface area contributed by atoms with Crippen LogP contribution in [0.2, 0.25) is 0 Å². The summed E-state index contributed by atoms with van der Waals surface area (Å²) in [6.45, 7) is 1.35. The molecule has 2 amide bonds. The maximum Gasteiger partial charge on any atom is 0.238 e. The third-order valence-corrected chi connectivity index (χ3v) is 1.36. The highest BCUT2D eigenvalue weighted by molar-refractivity contribution is 5.81. The fraction of sp³-hybridized carbons (Fsp3) is 0.750. The van der Waals surface area contributed by atoms with Gasteiger partial charge >= 0.3 is 0 Å². The van der Waals surface area contributed by atoms with Crippen molar-refractivity contribution in [2.24, 2.45) is 0 Å². The third kappa shape index (κ3) is 7.24. The molecular weight excluding hydrogens is 175 g/mol. The second-order valence-corrected chi connectivity index (χ2v) is 2.64. The van der Waals surface area contributed by atoms with Gasteiger partial charge in [0.1, 0.15) is 0 Å². The number of nitrogens with one attached hydrogen (secondary N) is 2. The summed E-state index contributed by atoms with van der Waals surface area (Å²) in [5, 5.41) is 0. The molecule has 0 saturated carbocycles. The van der Waals surface area contributed by atoms with E-state index in [0.29, 0.717) is 6.42 Å². The molecule has 5 heteroatoms. The number of alkyl halides is 1. The van der Waals surface area contributed by atoms with Crippen molar-refractivity contribution in [3.63, 3.8) is 0 Å². The molecule has 0 aromatic carbocycles. The monoisotopic (exact) mass is 190 g/mol. The number of hydrogen-bond acceptors (Lipinski definition) is 2. The molecule has 0 bridgehead atoms. The largest absolute Gasteiger partial charge is 0.273 e. The van der Waals surface area contributed by atoms with Crippen LogP contribution in [0.15, 0.2) is 0 Å². The Balaban J connectivity index is 3.40. The van der Waals surface area contributed by atoms with Gasteiger partial charge in [-0.2, -0.15) is 0 Å². The van der Waals surface area contributed by atoms with Crippen LogP contribution >= 0.6 is 0 Å². The Morgan fingerprint density at radius 1 is 1.15 bits per heavy atom. The van der Waals surface area contributed by atoms with Crippen molar-refractivity contribution in [3.05, 3.63) is 0 Å². The summed E-state index contributed by atoms with van der Waals surface area (Å²) in [7, 11) is 0. The van der Waals surface area contributed by atoms with Crippen molar-refractivity contribution >= 4 is 11.8 Å². The van der Waals surface area contributed by atoms with Crippen molar-refractivity contribution < 1.29 is 14.0 Å². The lowest BCUT2D eigenvalue weighted by Gasteiger charge is -2.05. The summed E-state index contributed by atoms with van der Waals surface area (Å²) >= 11 is 0. The Morgan fingerprint density at radius 3 is 2.15 bits per heavy atom. The standard InChI is InChI=1S/C8H15FN2O2/c1-2-4-7(12)10-11-8(13)5-3-6-9/h2-6H2,1H3,(H,10,12)(H,11,13). The molecule has 0 spiro atoms. The first-order chi connectivity index (χ1) is 6.20. The molecule has 0 heterocycles. The molecule has 0 aromatic rings. The highest BCUT2D eigenvalue weighted by Crippen LogP contribution is 1.88. The van der Waals surface area contributed by atoms with E-state index in [1.54, 1.807) is 0 Å². The SMILES string of the molecule is CCCC(=O)NNC(=O)CCCF. The summed E-state index contributed by atoms with van der Waals surface area (Å²) < 4.78 is 11.6. The summed E-state index contributed by atoms with van der Waals surface area (Å²) in [5.74, 6) is -0.585. The minimum absolute atomic E-state index is 0.100. The van der Waals surface area contributed by atoms with E-state index in [2.05, 4.69) is 10.9 Å². The first-order valence-corrected chi connectivity index (χ1v) is 4.34. The summed E-state index contributed by atoms with van der Waals surface area (Å²) in [4.78, 5) is 21.6. The Bertz CT molecular complexity index is 174. The second kappa shape index (κ2) is 7.52. The van der Waals surface area contributed by atoms with Gasteiger partial charge in [0.2, 0.25) is 11.8 Å². The van der Waals surface area contributed by atoms with Crippen LogP contribution in [-0.4, -0.2) is 18.5 Å². The van der Waals surface area contributed by atoms with Crippen LogP contribution in [0.4, 0.5) is 4.39 Å². The molecule has 0 rings (SSSR count). The van der Waals surface area contributed by atoms with Crippen LogP contribution in [0, 0.1) is 0 Å². The molecule has 4 nitrogen and oxygen atoms in total.